The van der Waals surface area contributed by atoms with Gasteiger partial charge in [0.15, 0.2) is 5.82 Å². The molecule has 0 unspecified atom stereocenters. The van der Waals surface area contributed by atoms with E-state index in [-0.39, 0.29) is 18.1 Å². The van der Waals surface area contributed by atoms with E-state index in [1.54, 1.807) is 0 Å². The molecule has 0 bridgehead atoms. The highest BCUT2D eigenvalue weighted by atomic mass is 16.6. The third kappa shape index (κ3) is 3.75. The Bertz CT molecular complexity index is 912. The lowest BCUT2D eigenvalue weighted by atomic mass is 9.92. The van der Waals surface area contributed by atoms with E-state index in [0.29, 0.717) is 5.52 Å². The number of nitrogens with zero attached hydrogens (tertiary/aromatic N) is 4. The molecule has 0 saturated carbocycles. The molecule has 156 valence electrons. The van der Waals surface area contributed by atoms with E-state index in [1.807, 2.05) is 13.0 Å². The van der Waals surface area contributed by atoms with Gasteiger partial charge in [0.25, 0.3) is 0 Å². The summed E-state index contributed by atoms with van der Waals surface area (Å²) in [7, 11) is 0. The number of fused-ring (bicyclic) bond motifs is 1. The van der Waals surface area contributed by atoms with Crippen LogP contribution in [0.1, 0.15) is 31.9 Å². The van der Waals surface area contributed by atoms with Gasteiger partial charge in [0.05, 0.1) is 18.9 Å². The molecule has 2 aromatic rings. The summed E-state index contributed by atoms with van der Waals surface area (Å²) in [6.45, 7) is 1.75. The summed E-state index contributed by atoms with van der Waals surface area (Å²) in [5.41, 5.74) is -1.49. The van der Waals surface area contributed by atoms with Gasteiger partial charge < -0.3 is 24.8 Å². The Morgan fingerprint density at radius 2 is 2.24 bits per heavy atom. The third-order valence-electron chi connectivity index (χ3n) is 4.84. The fourth-order valence-corrected chi connectivity index (χ4v) is 3.29. The molecule has 1 aliphatic rings. The summed E-state index contributed by atoms with van der Waals surface area (Å²) in [6, 6.07) is 4.89. The zero-order valence-electron chi connectivity index (χ0n) is 15.9. The highest BCUT2D eigenvalue weighted by molar-refractivity contribution is 5.88. The second-order valence-corrected chi connectivity index (χ2v) is 6.71. The summed E-state index contributed by atoms with van der Waals surface area (Å²) in [6.07, 6.45) is -1.00. The Labute approximate surface area is 166 Å². The highest BCUT2D eigenvalue weighted by Gasteiger charge is 2.57. The van der Waals surface area contributed by atoms with Crippen LogP contribution in [-0.4, -0.2) is 67.5 Å². The minimum Gasteiger partial charge on any atom is -0.449 e. The molecule has 4 N–H and O–H groups in total. The number of hydrogen-bond acceptors (Lipinski definition) is 9. The smallest absolute Gasteiger partial charge is 0.412 e. The van der Waals surface area contributed by atoms with Crippen LogP contribution in [0.25, 0.3) is 5.52 Å². The molecule has 1 aliphatic heterocycles. The lowest BCUT2D eigenvalue weighted by Gasteiger charge is -2.24. The summed E-state index contributed by atoms with van der Waals surface area (Å²) in [5.74, 6) is 0.145. The maximum absolute atomic E-state index is 12.0. The second-order valence-electron chi connectivity index (χ2n) is 6.71. The zero-order chi connectivity index (χ0) is 21.0. The summed E-state index contributed by atoms with van der Waals surface area (Å²) in [5, 5.41) is 46.2. The van der Waals surface area contributed by atoms with Crippen LogP contribution in [0.4, 0.5) is 10.6 Å². The normalized spacial score (nSPS) is 26.4. The van der Waals surface area contributed by atoms with Crippen molar-refractivity contribution in [2.75, 3.05) is 18.5 Å². The molecular formula is C18H23N5O6. The van der Waals surface area contributed by atoms with Gasteiger partial charge in [-0.15, -0.1) is 0 Å². The van der Waals surface area contributed by atoms with E-state index in [4.69, 9.17) is 9.47 Å². The number of nitriles is 1. The van der Waals surface area contributed by atoms with Crippen molar-refractivity contribution in [2.45, 2.75) is 50.1 Å². The van der Waals surface area contributed by atoms with Gasteiger partial charge in [-0.05, 0) is 18.6 Å². The van der Waals surface area contributed by atoms with Crippen LogP contribution >= 0.6 is 0 Å². The predicted octanol–water partition coefficient (Wildman–Crippen LogP) is 0.300. The molecule has 2 aromatic heterocycles. The van der Waals surface area contributed by atoms with E-state index >= 15 is 0 Å². The molecule has 0 aromatic carbocycles. The van der Waals surface area contributed by atoms with Crippen molar-refractivity contribution in [1.82, 2.24) is 14.6 Å². The summed E-state index contributed by atoms with van der Waals surface area (Å²) in [4.78, 5) is 16.0. The quantitative estimate of drug-likeness (QED) is 0.474. The fourth-order valence-electron chi connectivity index (χ4n) is 3.29. The number of hydrogen-bond donors (Lipinski definition) is 4. The predicted molar refractivity (Wildman–Crippen MR) is 98.7 cm³/mol. The molecular weight excluding hydrogens is 382 g/mol. The average Bonchev–Trinajstić information content (AvgIpc) is 3.27. The van der Waals surface area contributed by atoms with Crippen molar-refractivity contribution in [3.63, 3.8) is 0 Å². The fraction of sp³-hybridized carbons (Fsp3) is 0.556. The first-order valence-electron chi connectivity index (χ1n) is 9.31. The van der Waals surface area contributed by atoms with Gasteiger partial charge in [-0.1, -0.05) is 19.8 Å². The summed E-state index contributed by atoms with van der Waals surface area (Å²) < 4.78 is 11.9. The van der Waals surface area contributed by atoms with Crippen LogP contribution in [0, 0.1) is 11.3 Å². The molecule has 1 saturated heterocycles. The Balaban J connectivity index is 1.88. The molecule has 0 spiro atoms. The molecule has 3 rings (SSSR count). The van der Waals surface area contributed by atoms with Crippen molar-refractivity contribution >= 4 is 17.4 Å². The minimum atomic E-state index is -1.95. The number of aliphatic hydroxyl groups is 3. The van der Waals surface area contributed by atoms with Crippen molar-refractivity contribution in [1.29, 1.82) is 5.26 Å². The van der Waals surface area contributed by atoms with Gasteiger partial charge >= 0.3 is 6.09 Å². The van der Waals surface area contributed by atoms with E-state index in [0.717, 1.165) is 25.6 Å². The first-order valence-corrected chi connectivity index (χ1v) is 9.31. The molecule has 4 atom stereocenters. The van der Waals surface area contributed by atoms with Crippen molar-refractivity contribution < 1.29 is 29.6 Å². The lowest BCUT2D eigenvalue weighted by Crippen LogP contribution is -2.41. The van der Waals surface area contributed by atoms with Crippen LogP contribution in [0.5, 0.6) is 0 Å². The van der Waals surface area contributed by atoms with E-state index in [2.05, 4.69) is 15.4 Å². The number of anilines is 1. The third-order valence-corrected chi connectivity index (χ3v) is 4.84. The van der Waals surface area contributed by atoms with Crippen LogP contribution in [-0.2, 0) is 15.1 Å². The first-order chi connectivity index (χ1) is 14.0. The van der Waals surface area contributed by atoms with E-state index < -0.39 is 36.6 Å². The van der Waals surface area contributed by atoms with Gasteiger partial charge in [0, 0.05) is 0 Å². The number of unbranched alkanes of at least 4 members (excludes halogenated alkanes) is 2. The van der Waals surface area contributed by atoms with Crippen LogP contribution in [0.2, 0.25) is 0 Å². The maximum Gasteiger partial charge on any atom is 0.412 e. The number of aliphatic hydroxyl groups excluding tert-OH is 3. The van der Waals surface area contributed by atoms with Crippen molar-refractivity contribution in [3.8, 4) is 6.07 Å². The lowest BCUT2D eigenvalue weighted by molar-refractivity contribution is -0.0643. The number of nitrogens with one attached hydrogen (secondary N) is 1. The number of aromatic nitrogens is 3. The monoisotopic (exact) mass is 405 g/mol. The molecule has 3 heterocycles. The maximum atomic E-state index is 12.0. The number of ether oxygens (including phenoxy) is 2. The Morgan fingerprint density at radius 1 is 1.45 bits per heavy atom. The second kappa shape index (κ2) is 8.71. The van der Waals surface area contributed by atoms with Crippen molar-refractivity contribution in [2.24, 2.45) is 0 Å². The van der Waals surface area contributed by atoms with Gasteiger partial charge in [0.2, 0.25) is 5.60 Å². The van der Waals surface area contributed by atoms with Gasteiger partial charge in [-0.2, -0.15) is 10.4 Å². The Hall–Kier alpha value is -2.78. The van der Waals surface area contributed by atoms with Gasteiger partial charge in [-0.25, -0.2) is 14.3 Å². The number of amides is 1. The zero-order valence-corrected chi connectivity index (χ0v) is 15.9. The molecule has 11 nitrogen and oxygen atoms in total. The molecule has 1 fully saturated rings. The van der Waals surface area contributed by atoms with Crippen LogP contribution in [0.15, 0.2) is 18.5 Å². The average molecular weight is 405 g/mol. The first kappa shape index (κ1) is 20.9. The highest BCUT2D eigenvalue weighted by Crippen LogP contribution is 2.40. The van der Waals surface area contributed by atoms with Crippen LogP contribution in [0.3, 0.4) is 0 Å². The number of carbonyl (C=O) groups is 1. The molecule has 0 aliphatic carbocycles. The SMILES string of the molecule is CCCCCOC(=O)Nc1ncnn2c([C@]3(C#N)O[C@H](CO)[C@@H](O)[C@H]3O)ccc12. The number of rotatable bonds is 7. The van der Waals surface area contributed by atoms with Crippen molar-refractivity contribution in [3.05, 3.63) is 24.2 Å². The Kier molecular flexibility index (Phi) is 6.29. The van der Waals surface area contributed by atoms with Crippen LogP contribution < -0.4 is 5.32 Å². The topological polar surface area (TPSA) is 162 Å². The molecule has 1 amide bonds. The largest absolute Gasteiger partial charge is 0.449 e. The minimum absolute atomic E-state index is 0.124. The van der Waals surface area contributed by atoms with Gasteiger partial charge in [0.1, 0.15) is 36.2 Å². The number of carbonyl (C=O) groups excluding carboxylic acids is 1. The Morgan fingerprint density at radius 3 is 2.90 bits per heavy atom. The molecule has 0 radical (unpaired) electrons. The summed E-state index contributed by atoms with van der Waals surface area (Å²) >= 11 is 0. The standard InChI is InChI=1S/C18H23N5O6/c1-2-3-4-7-28-17(27)22-16-11-5-6-13(23(11)21-10-20-16)18(9-19)15(26)14(25)12(8-24)29-18/h5-6,10,12,14-15,24-26H,2-4,7-8H2,1H3,(H,20,21,22,27)/t12-,14-,15-,18+/m1/s1. The molecule has 29 heavy (non-hydrogen) atoms. The molecule has 11 heteroatoms. The van der Waals surface area contributed by atoms with Gasteiger partial charge in [-0.3, -0.25) is 5.32 Å². The van der Waals surface area contributed by atoms with E-state index in [1.165, 1.54) is 16.6 Å². The van der Waals surface area contributed by atoms with E-state index in [9.17, 15) is 25.4 Å².